The summed E-state index contributed by atoms with van der Waals surface area (Å²) in [5.74, 6) is 1.51. The van der Waals surface area contributed by atoms with E-state index in [2.05, 4.69) is 6.92 Å². The molecule has 0 aliphatic rings. The second-order valence-electron chi connectivity index (χ2n) is 4.17. The van der Waals surface area contributed by atoms with Crippen LogP contribution in [0.1, 0.15) is 58.8 Å². The lowest BCUT2D eigenvalue weighted by Gasteiger charge is -2.03. The fraction of sp³-hybridized carbons (Fsp3) is 0.923. The maximum atomic E-state index is 11.5. The molecule has 0 aromatic rings. The first-order valence-electron chi connectivity index (χ1n) is 6.71. The molecule has 3 nitrogen and oxygen atoms in total. The number of ether oxygens (including phenoxy) is 1. The van der Waals surface area contributed by atoms with E-state index in [0.717, 1.165) is 37.2 Å². The molecule has 0 saturated carbocycles. The molecular weight excluding hydrogens is 236 g/mol. The van der Waals surface area contributed by atoms with Crippen molar-refractivity contribution in [3.63, 3.8) is 0 Å². The predicted octanol–water partition coefficient (Wildman–Crippen LogP) is 3.05. The summed E-state index contributed by atoms with van der Waals surface area (Å²) < 4.78 is 16.4. The summed E-state index contributed by atoms with van der Waals surface area (Å²) in [7, 11) is -0.655. The fourth-order valence-electron chi connectivity index (χ4n) is 1.56. The van der Waals surface area contributed by atoms with Crippen molar-refractivity contribution in [2.45, 2.75) is 58.8 Å². The third-order valence-corrected chi connectivity index (χ3v) is 4.02. The van der Waals surface area contributed by atoms with Gasteiger partial charge in [-0.2, -0.15) is 0 Å². The third kappa shape index (κ3) is 11.9. The number of rotatable bonds is 11. The minimum Gasteiger partial charge on any atom is -0.466 e. The summed E-state index contributed by atoms with van der Waals surface area (Å²) in [5.41, 5.74) is 0. The fourth-order valence-corrected chi connectivity index (χ4v) is 2.81. The van der Waals surface area contributed by atoms with Crippen LogP contribution in [0.15, 0.2) is 0 Å². The Balaban J connectivity index is 3.27. The predicted molar refractivity (Wildman–Crippen MR) is 72.5 cm³/mol. The van der Waals surface area contributed by atoms with Gasteiger partial charge < -0.3 is 4.74 Å². The normalized spacial score (nSPS) is 12.4. The van der Waals surface area contributed by atoms with Gasteiger partial charge in [-0.25, -0.2) is 0 Å². The number of hydrogen-bond acceptors (Lipinski definition) is 3. The van der Waals surface area contributed by atoms with E-state index < -0.39 is 10.8 Å². The van der Waals surface area contributed by atoms with Crippen LogP contribution in [0.2, 0.25) is 0 Å². The zero-order chi connectivity index (χ0) is 12.9. The highest BCUT2D eigenvalue weighted by Gasteiger charge is 2.02. The van der Waals surface area contributed by atoms with Gasteiger partial charge in [-0.3, -0.25) is 9.00 Å². The van der Waals surface area contributed by atoms with E-state index in [9.17, 15) is 9.00 Å². The van der Waals surface area contributed by atoms with E-state index in [1.54, 1.807) is 0 Å². The first-order chi connectivity index (χ1) is 8.20. The minimum atomic E-state index is -0.655. The van der Waals surface area contributed by atoms with Gasteiger partial charge in [0.2, 0.25) is 0 Å². The number of carbonyl (C=O) groups excluding carboxylic acids is 1. The molecule has 4 heteroatoms. The van der Waals surface area contributed by atoms with Crippen LogP contribution in [-0.2, 0) is 20.3 Å². The number of unbranched alkanes of at least 4 members (excludes halogenated alkanes) is 4. The van der Waals surface area contributed by atoms with E-state index >= 15 is 0 Å². The van der Waals surface area contributed by atoms with Gasteiger partial charge in [0.05, 0.1) is 6.61 Å². The molecule has 1 unspecified atom stereocenters. The second-order valence-corrected chi connectivity index (χ2v) is 5.87. The van der Waals surface area contributed by atoms with Crippen molar-refractivity contribution in [3.05, 3.63) is 0 Å². The summed E-state index contributed by atoms with van der Waals surface area (Å²) in [6.45, 7) is 4.43. The molecule has 0 aliphatic carbocycles. The molecular formula is C13H26O3S. The van der Waals surface area contributed by atoms with Crippen molar-refractivity contribution in [1.82, 2.24) is 0 Å². The third-order valence-electron chi connectivity index (χ3n) is 2.53. The Morgan fingerprint density at radius 2 is 1.65 bits per heavy atom. The molecule has 1 atom stereocenters. The quantitative estimate of drug-likeness (QED) is 0.424. The molecule has 0 rings (SSSR count). The lowest BCUT2D eigenvalue weighted by molar-refractivity contribution is -0.143. The number of hydrogen-bond donors (Lipinski definition) is 0. The molecule has 0 aliphatic heterocycles. The molecule has 0 fully saturated rings. The highest BCUT2D eigenvalue weighted by Crippen LogP contribution is 2.04. The SMILES string of the molecule is CCCCCS(=O)CCCCCC(=O)OCC. The van der Waals surface area contributed by atoms with Gasteiger partial charge in [-0.15, -0.1) is 0 Å². The van der Waals surface area contributed by atoms with Crippen LogP contribution < -0.4 is 0 Å². The highest BCUT2D eigenvalue weighted by molar-refractivity contribution is 7.84. The maximum Gasteiger partial charge on any atom is 0.305 e. The van der Waals surface area contributed by atoms with Crippen molar-refractivity contribution < 1.29 is 13.7 Å². The van der Waals surface area contributed by atoms with Crippen molar-refractivity contribution in [2.75, 3.05) is 18.1 Å². The zero-order valence-electron chi connectivity index (χ0n) is 11.2. The van der Waals surface area contributed by atoms with Gasteiger partial charge in [0.15, 0.2) is 0 Å². The average molecular weight is 262 g/mol. The minimum absolute atomic E-state index is 0.114. The molecule has 0 radical (unpaired) electrons. The molecule has 17 heavy (non-hydrogen) atoms. The van der Waals surface area contributed by atoms with E-state index in [1.807, 2.05) is 6.92 Å². The standard InChI is InChI=1S/C13H26O3S/c1-3-5-8-11-17(15)12-9-6-7-10-13(14)16-4-2/h3-12H2,1-2H3. The molecule has 0 bridgehead atoms. The largest absolute Gasteiger partial charge is 0.466 e. The van der Waals surface area contributed by atoms with E-state index in [4.69, 9.17) is 4.74 Å². The molecule has 0 aromatic carbocycles. The Morgan fingerprint density at radius 3 is 2.24 bits per heavy atom. The highest BCUT2D eigenvalue weighted by atomic mass is 32.2. The van der Waals surface area contributed by atoms with Crippen molar-refractivity contribution in [3.8, 4) is 0 Å². The summed E-state index contributed by atoms with van der Waals surface area (Å²) in [4.78, 5) is 11.0. The van der Waals surface area contributed by atoms with Gasteiger partial charge in [-0.1, -0.05) is 26.2 Å². The monoisotopic (exact) mass is 262 g/mol. The summed E-state index contributed by atoms with van der Waals surface area (Å²) in [5, 5.41) is 0. The molecule has 0 amide bonds. The van der Waals surface area contributed by atoms with Crippen LogP contribution in [0, 0.1) is 0 Å². The smallest absolute Gasteiger partial charge is 0.305 e. The lowest BCUT2D eigenvalue weighted by Crippen LogP contribution is -2.05. The molecule has 0 heterocycles. The van der Waals surface area contributed by atoms with Crippen molar-refractivity contribution in [1.29, 1.82) is 0 Å². The first-order valence-corrected chi connectivity index (χ1v) is 8.20. The Labute approximate surface area is 108 Å². The van der Waals surface area contributed by atoms with Gasteiger partial charge in [0, 0.05) is 28.7 Å². The molecule has 0 spiro atoms. The van der Waals surface area contributed by atoms with E-state index in [0.29, 0.717) is 13.0 Å². The second kappa shape index (κ2) is 12.1. The van der Waals surface area contributed by atoms with Gasteiger partial charge in [-0.05, 0) is 26.2 Å². The van der Waals surface area contributed by atoms with Gasteiger partial charge in [0.25, 0.3) is 0 Å². The van der Waals surface area contributed by atoms with Gasteiger partial charge in [0.1, 0.15) is 0 Å². The van der Waals surface area contributed by atoms with Crippen LogP contribution >= 0.6 is 0 Å². The molecule has 102 valence electrons. The number of carbonyl (C=O) groups is 1. The van der Waals surface area contributed by atoms with E-state index in [1.165, 1.54) is 12.8 Å². The molecule has 0 saturated heterocycles. The lowest BCUT2D eigenvalue weighted by atomic mass is 10.2. The Kier molecular flexibility index (Phi) is 11.8. The summed E-state index contributed by atoms with van der Waals surface area (Å²) in [6, 6.07) is 0. The van der Waals surface area contributed by atoms with Gasteiger partial charge >= 0.3 is 5.97 Å². The average Bonchev–Trinajstić information content (AvgIpc) is 2.29. The van der Waals surface area contributed by atoms with Crippen LogP contribution in [0.25, 0.3) is 0 Å². The summed E-state index contributed by atoms with van der Waals surface area (Å²) >= 11 is 0. The van der Waals surface area contributed by atoms with Crippen LogP contribution in [-0.4, -0.2) is 28.3 Å². The Hall–Kier alpha value is -0.380. The topological polar surface area (TPSA) is 43.4 Å². The Bertz CT molecular complexity index is 217. The maximum absolute atomic E-state index is 11.5. The first kappa shape index (κ1) is 16.6. The van der Waals surface area contributed by atoms with E-state index in [-0.39, 0.29) is 5.97 Å². The molecule has 0 aromatic heterocycles. The Morgan fingerprint density at radius 1 is 1.00 bits per heavy atom. The van der Waals surface area contributed by atoms with Crippen LogP contribution in [0.3, 0.4) is 0 Å². The van der Waals surface area contributed by atoms with Crippen molar-refractivity contribution in [2.24, 2.45) is 0 Å². The summed E-state index contributed by atoms with van der Waals surface area (Å²) in [6.07, 6.45) is 6.70. The molecule has 0 N–H and O–H groups in total. The zero-order valence-corrected chi connectivity index (χ0v) is 12.0. The van der Waals surface area contributed by atoms with Crippen LogP contribution in [0.5, 0.6) is 0 Å². The van der Waals surface area contributed by atoms with Crippen molar-refractivity contribution >= 4 is 16.8 Å². The van der Waals surface area contributed by atoms with Crippen LogP contribution in [0.4, 0.5) is 0 Å². The number of esters is 1.